The minimum absolute atomic E-state index is 0.133. The second-order valence-electron chi connectivity index (χ2n) is 9.58. The number of nitrogens with one attached hydrogen (secondary N) is 2. The highest BCUT2D eigenvalue weighted by molar-refractivity contribution is 6.04. The van der Waals surface area contributed by atoms with E-state index in [9.17, 15) is 14.7 Å². The normalized spacial score (nSPS) is 12.8. The first-order valence-corrected chi connectivity index (χ1v) is 13.1. The number of carboxylic acid groups (broad SMARTS) is 1. The highest BCUT2D eigenvalue weighted by atomic mass is 16.4. The number of hydrogen-bond donors (Lipinski definition) is 3. The van der Waals surface area contributed by atoms with Crippen LogP contribution >= 0.6 is 0 Å². The van der Waals surface area contributed by atoms with Crippen LogP contribution in [0.3, 0.4) is 0 Å². The molecule has 8 nitrogen and oxygen atoms in total. The lowest BCUT2D eigenvalue weighted by molar-refractivity contribution is -0.136. The van der Waals surface area contributed by atoms with Gasteiger partial charge >= 0.3 is 5.97 Å². The molecule has 1 fully saturated rings. The van der Waals surface area contributed by atoms with Crippen molar-refractivity contribution in [2.75, 3.05) is 35.7 Å². The molecule has 5 rings (SSSR count). The third-order valence-corrected chi connectivity index (χ3v) is 6.83. The molecule has 3 aromatic carbocycles. The molecule has 0 aliphatic carbocycles. The fourth-order valence-electron chi connectivity index (χ4n) is 4.84. The Morgan fingerprint density at radius 3 is 2.18 bits per heavy atom. The van der Waals surface area contributed by atoms with Crippen LogP contribution in [0.1, 0.15) is 40.2 Å². The van der Waals surface area contributed by atoms with Gasteiger partial charge in [-0.25, -0.2) is 9.97 Å². The predicted octanol–water partition coefficient (Wildman–Crippen LogP) is 5.26. The van der Waals surface area contributed by atoms with Crippen LogP contribution in [-0.4, -0.2) is 47.1 Å². The first-order chi connectivity index (χ1) is 19.0. The summed E-state index contributed by atoms with van der Waals surface area (Å²) in [6.45, 7) is 1.71. The van der Waals surface area contributed by atoms with Crippen molar-refractivity contribution in [1.29, 1.82) is 0 Å². The summed E-state index contributed by atoms with van der Waals surface area (Å²) in [4.78, 5) is 35.9. The molecule has 0 saturated carbocycles. The van der Waals surface area contributed by atoms with Crippen molar-refractivity contribution in [1.82, 2.24) is 9.97 Å². The summed E-state index contributed by atoms with van der Waals surface area (Å²) >= 11 is 0. The lowest BCUT2D eigenvalue weighted by Gasteiger charge is -2.22. The largest absolute Gasteiger partial charge is 0.481 e. The van der Waals surface area contributed by atoms with E-state index in [4.69, 9.17) is 4.98 Å². The highest BCUT2D eigenvalue weighted by Crippen LogP contribution is 2.29. The van der Waals surface area contributed by atoms with E-state index in [0.29, 0.717) is 40.7 Å². The number of carboxylic acids is 1. The third kappa shape index (κ3) is 6.23. The summed E-state index contributed by atoms with van der Waals surface area (Å²) in [6.07, 6.45) is 2.47. The zero-order chi connectivity index (χ0) is 27.2. The second kappa shape index (κ2) is 11.8. The van der Waals surface area contributed by atoms with Gasteiger partial charge in [0.1, 0.15) is 17.5 Å². The van der Waals surface area contributed by atoms with Crippen LogP contribution in [0.5, 0.6) is 0 Å². The van der Waals surface area contributed by atoms with Gasteiger partial charge in [0.2, 0.25) is 0 Å². The van der Waals surface area contributed by atoms with Gasteiger partial charge in [0.25, 0.3) is 5.91 Å². The van der Waals surface area contributed by atoms with Gasteiger partial charge in [0.15, 0.2) is 0 Å². The molecule has 39 heavy (non-hydrogen) atoms. The maximum Gasteiger partial charge on any atom is 0.308 e. The molecule has 4 aromatic rings. The zero-order valence-corrected chi connectivity index (χ0v) is 21.9. The van der Waals surface area contributed by atoms with Crippen molar-refractivity contribution in [2.24, 2.45) is 0 Å². The number of aromatic nitrogens is 2. The van der Waals surface area contributed by atoms with E-state index in [0.717, 1.165) is 42.6 Å². The summed E-state index contributed by atoms with van der Waals surface area (Å²) in [6, 6.07) is 25.2. The molecule has 8 heteroatoms. The van der Waals surface area contributed by atoms with Crippen molar-refractivity contribution in [3.8, 4) is 11.1 Å². The van der Waals surface area contributed by atoms with Crippen LogP contribution in [0.25, 0.3) is 11.1 Å². The van der Waals surface area contributed by atoms with Crippen molar-refractivity contribution in [3.63, 3.8) is 0 Å². The van der Waals surface area contributed by atoms with Gasteiger partial charge in [0, 0.05) is 43.4 Å². The van der Waals surface area contributed by atoms with E-state index in [1.54, 1.807) is 7.05 Å². The first kappa shape index (κ1) is 25.9. The second-order valence-corrected chi connectivity index (χ2v) is 9.58. The highest BCUT2D eigenvalue weighted by Gasteiger charge is 2.23. The number of carbonyl (C=O) groups is 2. The number of anilines is 3. The van der Waals surface area contributed by atoms with Crippen molar-refractivity contribution in [3.05, 3.63) is 101 Å². The molecule has 1 saturated heterocycles. The molecule has 0 spiro atoms. The van der Waals surface area contributed by atoms with Crippen molar-refractivity contribution < 1.29 is 14.7 Å². The maximum atomic E-state index is 12.8. The van der Waals surface area contributed by atoms with Gasteiger partial charge in [-0.3, -0.25) is 9.59 Å². The maximum absolute atomic E-state index is 12.8. The topological polar surface area (TPSA) is 107 Å². The number of aliphatic carboxylic acids is 1. The van der Waals surface area contributed by atoms with Gasteiger partial charge in [-0.05, 0) is 53.8 Å². The lowest BCUT2D eigenvalue weighted by atomic mass is 10.0. The van der Waals surface area contributed by atoms with Gasteiger partial charge in [-0.15, -0.1) is 0 Å². The average molecular weight is 522 g/mol. The fourth-order valence-corrected chi connectivity index (χ4v) is 4.84. The molecule has 0 radical (unpaired) electrons. The van der Waals surface area contributed by atoms with Gasteiger partial charge < -0.3 is 20.6 Å². The number of hydrogen-bond acceptors (Lipinski definition) is 6. The molecule has 1 aromatic heterocycles. The van der Waals surface area contributed by atoms with Crippen molar-refractivity contribution >= 4 is 29.2 Å². The lowest BCUT2D eigenvalue weighted by Crippen LogP contribution is -2.24. The molecule has 1 aliphatic rings. The third-order valence-electron chi connectivity index (χ3n) is 6.83. The molecular weight excluding hydrogens is 490 g/mol. The number of nitrogens with zero attached hydrogens (tertiary/aromatic N) is 3. The number of benzene rings is 3. The fraction of sp³-hybridized carbons (Fsp3) is 0.226. The van der Waals surface area contributed by atoms with Gasteiger partial charge in [0.05, 0.1) is 6.42 Å². The number of rotatable bonds is 9. The molecule has 0 bridgehead atoms. The van der Waals surface area contributed by atoms with E-state index in [1.165, 1.54) is 0 Å². The number of carbonyl (C=O) groups excluding carboxylic acids is 1. The van der Waals surface area contributed by atoms with Crippen LogP contribution in [0.15, 0.2) is 78.9 Å². The van der Waals surface area contributed by atoms with E-state index in [1.807, 2.05) is 78.9 Å². The van der Waals surface area contributed by atoms with E-state index >= 15 is 0 Å². The summed E-state index contributed by atoms with van der Waals surface area (Å²) < 4.78 is 0. The quantitative estimate of drug-likeness (QED) is 0.276. The first-order valence-electron chi connectivity index (χ1n) is 13.1. The Bertz CT molecular complexity index is 1450. The number of amides is 1. The standard InChI is InChI=1S/C31H31N5O3/c1-32-29-26(20-28(37)38)30(36-17-5-6-18-36)35-27(34-29)19-21-9-15-25(16-10-21)33-31(39)24-13-11-23(12-14-24)22-7-3-2-4-8-22/h2-4,7-16H,5-6,17-20H2,1H3,(H,33,39)(H,37,38)(H,32,34,35). The molecule has 3 N–H and O–H groups in total. The van der Waals surface area contributed by atoms with Crippen LogP contribution in [-0.2, 0) is 17.6 Å². The Labute approximate surface area is 227 Å². The predicted molar refractivity (Wildman–Crippen MR) is 153 cm³/mol. The summed E-state index contributed by atoms with van der Waals surface area (Å²) in [5, 5.41) is 15.5. The minimum atomic E-state index is -0.909. The average Bonchev–Trinajstić information content (AvgIpc) is 3.50. The Morgan fingerprint density at radius 2 is 1.54 bits per heavy atom. The van der Waals surface area contributed by atoms with E-state index in [-0.39, 0.29) is 12.3 Å². The summed E-state index contributed by atoms with van der Waals surface area (Å²) in [5.41, 5.74) is 5.05. The van der Waals surface area contributed by atoms with Crippen LogP contribution in [0.2, 0.25) is 0 Å². The van der Waals surface area contributed by atoms with Crippen LogP contribution < -0.4 is 15.5 Å². The Morgan fingerprint density at radius 1 is 0.872 bits per heavy atom. The van der Waals surface area contributed by atoms with E-state index < -0.39 is 5.97 Å². The Hall–Kier alpha value is -4.72. The smallest absolute Gasteiger partial charge is 0.308 e. The molecular formula is C31H31N5O3. The summed E-state index contributed by atoms with van der Waals surface area (Å²) in [7, 11) is 1.75. The molecule has 0 atom stereocenters. The van der Waals surface area contributed by atoms with Crippen LogP contribution in [0, 0.1) is 0 Å². The van der Waals surface area contributed by atoms with Gasteiger partial charge in [-0.1, -0.05) is 54.6 Å². The molecule has 0 unspecified atom stereocenters. The molecule has 2 heterocycles. The molecule has 1 amide bonds. The monoisotopic (exact) mass is 521 g/mol. The molecule has 198 valence electrons. The van der Waals surface area contributed by atoms with Gasteiger partial charge in [-0.2, -0.15) is 0 Å². The molecule has 1 aliphatic heterocycles. The zero-order valence-electron chi connectivity index (χ0n) is 21.9. The van der Waals surface area contributed by atoms with Crippen LogP contribution in [0.4, 0.5) is 17.3 Å². The summed E-state index contributed by atoms with van der Waals surface area (Å²) in [5.74, 6) is 0.783. The minimum Gasteiger partial charge on any atom is -0.481 e. The Kier molecular flexibility index (Phi) is 7.82. The SMILES string of the molecule is CNc1nc(Cc2ccc(NC(=O)c3ccc(-c4ccccc4)cc3)cc2)nc(N2CCCC2)c1CC(=O)O. The Balaban J connectivity index is 1.28. The van der Waals surface area contributed by atoms with E-state index in [2.05, 4.69) is 20.5 Å². The van der Waals surface area contributed by atoms with Crippen molar-refractivity contribution in [2.45, 2.75) is 25.7 Å².